The quantitative estimate of drug-likeness (QED) is 0.831. The van der Waals surface area contributed by atoms with Gasteiger partial charge < -0.3 is 15.6 Å². The van der Waals surface area contributed by atoms with Crippen molar-refractivity contribution in [3.63, 3.8) is 0 Å². The summed E-state index contributed by atoms with van der Waals surface area (Å²) in [5.74, 6) is 0.118. The van der Waals surface area contributed by atoms with E-state index >= 15 is 0 Å². The third-order valence-corrected chi connectivity index (χ3v) is 2.86. The number of hydrogen-bond acceptors (Lipinski definition) is 3. The van der Waals surface area contributed by atoms with Crippen LogP contribution in [0.1, 0.15) is 24.3 Å². The molecule has 19 heavy (non-hydrogen) atoms. The summed E-state index contributed by atoms with van der Waals surface area (Å²) < 4.78 is 19.2. The Labute approximate surface area is 111 Å². The molecule has 0 aliphatic heterocycles. The Morgan fingerprint density at radius 1 is 1.21 bits per heavy atom. The second-order valence-electron chi connectivity index (χ2n) is 4.23. The van der Waals surface area contributed by atoms with Gasteiger partial charge in [0.25, 0.3) is 0 Å². The van der Waals surface area contributed by atoms with Gasteiger partial charge in [0, 0.05) is 0 Å². The van der Waals surface area contributed by atoms with E-state index in [1.807, 2.05) is 12.1 Å². The molecule has 3 N–H and O–H groups in total. The number of nitrogens with two attached hydrogens (primary N) is 1. The average Bonchev–Trinajstić information content (AvgIpc) is 2.41. The molecule has 1 atom stereocenters. The van der Waals surface area contributed by atoms with E-state index in [-0.39, 0.29) is 5.75 Å². The van der Waals surface area contributed by atoms with E-state index in [2.05, 4.69) is 6.92 Å². The summed E-state index contributed by atoms with van der Waals surface area (Å²) in [7, 11) is 0. The van der Waals surface area contributed by atoms with Crippen molar-refractivity contribution in [2.75, 3.05) is 0 Å². The van der Waals surface area contributed by atoms with Crippen LogP contribution in [0.4, 0.5) is 4.39 Å². The molecule has 0 radical (unpaired) electrons. The molecule has 0 amide bonds. The lowest BCUT2D eigenvalue weighted by atomic mass is 10.1. The van der Waals surface area contributed by atoms with Gasteiger partial charge in [-0.2, -0.15) is 0 Å². The molecule has 0 heterocycles. The number of aliphatic hydroxyl groups excluding tert-OH is 1. The number of aryl methyl sites for hydroxylation is 1. The second kappa shape index (κ2) is 5.82. The summed E-state index contributed by atoms with van der Waals surface area (Å²) >= 11 is 0. The maximum absolute atomic E-state index is 13.7. The van der Waals surface area contributed by atoms with Crippen molar-refractivity contribution in [2.24, 2.45) is 5.73 Å². The summed E-state index contributed by atoms with van der Waals surface area (Å²) in [6, 6.07) is 11.6. The predicted octanol–water partition coefficient (Wildman–Crippen LogP) is 3.13. The van der Waals surface area contributed by atoms with Gasteiger partial charge in [0.1, 0.15) is 12.0 Å². The molecular weight excluding hydrogens is 245 g/mol. The van der Waals surface area contributed by atoms with Crippen molar-refractivity contribution in [3.8, 4) is 11.5 Å². The molecule has 0 fully saturated rings. The molecule has 0 aliphatic carbocycles. The van der Waals surface area contributed by atoms with Crippen LogP contribution in [0, 0.1) is 5.82 Å². The molecule has 100 valence electrons. The second-order valence-corrected chi connectivity index (χ2v) is 4.23. The van der Waals surface area contributed by atoms with Gasteiger partial charge >= 0.3 is 0 Å². The molecule has 0 aromatic heterocycles. The Morgan fingerprint density at radius 3 is 2.42 bits per heavy atom. The maximum Gasteiger partial charge on any atom is 0.166 e. The van der Waals surface area contributed by atoms with Crippen LogP contribution in [0.3, 0.4) is 0 Å². The van der Waals surface area contributed by atoms with Gasteiger partial charge in [-0.3, -0.25) is 0 Å². The highest BCUT2D eigenvalue weighted by Gasteiger charge is 2.09. The normalized spacial score (nSPS) is 12.2. The minimum absolute atomic E-state index is 0.105. The zero-order chi connectivity index (χ0) is 13.8. The van der Waals surface area contributed by atoms with E-state index in [1.54, 1.807) is 12.1 Å². The zero-order valence-electron chi connectivity index (χ0n) is 10.6. The first-order valence-electron chi connectivity index (χ1n) is 6.10. The molecule has 0 saturated heterocycles. The fraction of sp³-hybridized carbons (Fsp3) is 0.200. The molecule has 0 aliphatic rings. The summed E-state index contributed by atoms with van der Waals surface area (Å²) in [5.41, 5.74) is 6.77. The minimum atomic E-state index is -1.19. The predicted molar refractivity (Wildman–Crippen MR) is 71.4 cm³/mol. The van der Waals surface area contributed by atoms with E-state index < -0.39 is 12.0 Å². The van der Waals surface area contributed by atoms with Crippen molar-refractivity contribution in [2.45, 2.75) is 19.6 Å². The number of ether oxygens (including phenoxy) is 1. The number of halogens is 1. The topological polar surface area (TPSA) is 55.5 Å². The molecule has 1 unspecified atom stereocenters. The van der Waals surface area contributed by atoms with E-state index in [0.29, 0.717) is 11.3 Å². The smallest absolute Gasteiger partial charge is 0.166 e. The molecule has 0 bridgehead atoms. The molecule has 2 aromatic carbocycles. The van der Waals surface area contributed by atoms with Crippen molar-refractivity contribution < 1.29 is 14.2 Å². The highest BCUT2D eigenvalue weighted by Crippen LogP contribution is 2.26. The molecule has 0 saturated carbocycles. The number of benzene rings is 2. The number of aliphatic hydroxyl groups is 1. The van der Waals surface area contributed by atoms with E-state index in [1.165, 1.54) is 23.8 Å². The summed E-state index contributed by atoms with van der Waals surface area (Å²) in [6.45, 7) is 2.06. The third kappa shape index (κ3) is 3.30. The van der Waals surface area contributed by atoms with Crippen LogP contribution in [0.25, 0.3) is 0 Å². The lowest BCUT2D eigenvalue weighted by molar-refractivity contribution is 0.185. The highest BCUT2D eigenvalue weighted by molar-refractivity contribution is 5.36. The first kappa shape index (κ1) is 13.5. The summed E-state index contributed by atoms with van der Waals surface area (Å²) in [6.07, 6.45) is -0.245. The minimum Gasteiger partial charge on any atom is -0.454 e. The molecule has 2 aromatic rings. The molecule has 2 rings (SSSR count). The first-order chi connectivity index (χ1) is 9.10. The van der Waals surface area contributed by atoms with Crippen LogP contribution >= 0.6 is 0 Å². The Morgan fingerprint density at radius 2 is 1.89 bits per heavy atom. The Hall–Kier alpha value is -1.91. The van der Waals surface area contributed by atoms with Gasteiger partial charge in [0.2, 0.25) is 0 Å². The fourth-order valence-electron chi connectivity index (χ4n) is 1.70. The van der Waals surface area contributed by atoms with Crippen LogP contribution in [0.15, 0.2) is 42.5 Å². The van der Waals surface area contributed by atoms with Crippen LogP contribution in [-0.2, 0) is 6.42 Å². The fourth-order valence-corrected chi connectivity index (χ4v) is 1.70. The van der Waals surface area contributed by atoms with Gasteiger partial charge in [-0.25, -0.2) is 4.39 Å². The number of hydrogen-bond donors (Lipinski definition) is 2. The Balaban J connectivity index is 2.18. The van der Waals surface area contributed by atoms with Crippen LogP contribution < -0.4 is 10.5 Å². The van der Waals surface area contributed by atoms with Gasteiger partial charge in [-0.05, 0) is 41.8 Å². The molecule has 3 nitrogen and oxygen atoms in total. The monoisotopic (exact) mass is 261 g/mol. The molecular formula is C15H16FNO2. The first-order valence-corrected chi connectivity index (χ1v) is 6.10. The van der Waals surface area contributed by atoms with Gasteiger partial charge in [0.15, 0.2) is 11.6 Å². The SMILES string of the molecule is CCc1ccc(Oc2ccc(C(N)O)cc2F)cc1. The molecule has 4 heteroatoms. The standard InChI is InChI=1S/C15H16FNO2/c1-2-10-3-6-12(7-4-10)19-14-8-5-11(15(17)18)9-13(14)16/h3-9,15,18H,2,17H2,1H3. The van der Waals surface area contributed by atoms with Gasteiger partial charge in [0.05, 0.1) is 0 Å². The van der Waals surface area contributed by atoms with E-state index in [0.717, 1.165) is 6.42 Å². The average molecular weight is 261 g/mol. The van der Waals surface area contributed by atoms with Gasteiger partial charge in [-0.15, -0.1) is 0 Å². The Bertz CT molecular complexity index is 553. The van der Waals surface area contributed by atoms with Crippen LogP contribution in [0.2, 0.25) is 0 Å². The van der Waals surface area contributed by atoms with E-state index in [9.17, 15) is 4.39 Å². The number of rotatable bonds is 4. The lowest BCUT2D eigenvalue weighted by Gasteiger charge is -2.10. The summed E-state index contributed by atoms with van der Waals surface area (Å²) in [4.78, 5) is 0. The van der Waals surface area contributed by atoms with Crippen molar-refractivity contribution >= 4 is 0 Å². The van der Waals surface area contributed by atoms with Crippen molar-refractivity contribution in [3.05, 3.63) is 59.4 Å². The lowest BCUT2D eigenvalue weighted by Crippen LogP contribution is -2.08. The maximum atomic E-state index is 13.7. The van der Waals surface area contributed by atoms with Crippen LogP contribution in [0.5, 0.6) is 11.5 Å². The van der Waals surface area contributed by atoms with Crippen LogP contribution in [-0.4, -0.2) is 5.11 Å². The van der Waals surface area contributed by atoms with Crippen molar-refractivity contribution in [1.82, 2.24) is 0 Å². The zero-order valence-corrected chi connectivity index (χ0v) is 10.6. The summed E-state index contributed by atoms with van der Waals surface area (Å²) in [5, 5.41) is 9.16. The molecule has 0 spiro atoms. The third-order valence-electron chi connectivity index (χ3n) is 2.86. The van der Waals surface area contributed by atoms with Gasteiger partial charge in [-0.1, -0.05) is 25.1 Å². The Kier molecular flexibility index (Phi) is 4.14. The van der Waals surface area contributed by atoms with E-state index in [4.69, 9.17) is 15.6 Å². The largest absolute Gasteiger partial charge is 0.454 e. The highest BCUT2D eigenvalue weighted by atomic mass is 19.1. The van der Waals surface area contributed by atoms with Crippen molar-refractivity contribution in [1.29, 1.82) is 0 Å².